The van der Waals surface area contributed by atoms with E-state index in [1.54, 1.807) is 42.5 Å². The van der Waals surface area contributed by atoms with E-state index in [1.807, 2.05) is 60.7 Å². The predicted octanol–water partition coefficient (Wildman–Crippen LogP) is 6.16. The maximum absolute atomic E-state index is 12.8. The number of benzene rings is 4. The molecule has 2 fully saturated rings. The van der Waals surface area contributed by atoms with Gasteiger partial charge in [0.15, 0.2) is 6.29 Å². The Bertz CT molecular complexity index is 1660. The molecule has 2 aliphatic rings. The molecule has 0 spiro atoms. The van der Waals surface area contributed by atoms with Crippen LogP contribution in [-0.2, 0) is 31.7 Å². The van der Waals surface area contributed by atoms with Crippen molar-refractivity contribution < 1.29 is 28.1 Å². The molecule has 3 N–H and O–H groups in total. The van der Waals surface area contributed by atoms with Crippen LogP contribution >= 0.6 is 11.6 Å². The molecule has 0 radical (unpaired) electrons. The van der Waals surface area contributed by atoms with Gasteiger partial charge in [0.1, 0.15) is 0 Å². The number of aliphatic hydroxyl groups excluding tert-OH is 1. The number of likely N-dealkylation sites (tertiary alicyclic amines) is 1. The van der Waals surface area contributed by atoms with Gasteiger partial charge in [0.2, 0.25) is 0 Å². The second-order valence-corrected chi connectivity index (χ2v) is 13.8. The summed E-state index contributed by atoms with van der Waals surface area (Å²) in [6.07, 6.45) is 0.795. The van der Waals surface area contributed by atoms with Crippen molar-refractivity contribution in [1.82, 2.24) is 4.90 Å². The average Bonchev–Trinajstić information content (AvgIpc) is 3.07. The summed E-state index contributed by atoms with van der Waals surface area (Å²) in [7, 11) is -3.71. The molecule has 3 atom stereocenters. The summed E-state index contributed by atoms with van der Waals surface area (Å²) in [4.78, 5) is 2.51. The highest BCUT2D eigenvalue weighted by Crippen LogP contribution is 2.40. The lowest BCUT2D eigenvalue weighted by atomic mass is 9.84. The third-order valence-electron chi connectivity index (χ3n) is 8.63. The monoisotopic (exact) mass is 648 g/mol. The minimum absolute atomic E-state index is 0.0299. The first-order chi connectivity index (χ1) is 21.7. The van der Waals surface area contributed by atoms with Gasteiger partial charge in [0.05, 0.1) is 29.3 Å². The van der Waals surface area contributed by atoms with Crippen LogP contribution in [0.5, 0.6) is 0 Å². The molecule has 236 valence electrons. The molecule has 8 nitrogen and oxygen atoms in total. The first-order valence-corrected chi connectivity index (χ1v) is 17.0. The number of aliphatic hydroxyl groups is 2. The summed E-state index contributed by atoms with van der Waals surface area (Å²) in [6.45, 7) is 2.09. The molecular weight excluding hydrogens is 612 g/mol. The lowest BCUT2D eigenvalue weighted by Crippen LogP contribution is -2.46. The number of sulfonamides is 1. The third-order valence-corrected chi connectivity index (χ3v) is 10.3. The predicted molar refractivity (Wildman–Crippen MR) is 173 cm³/mol. The molecule has 10 heteroatoms. The van der Waals surface area contributed by atoms with Crippen molar-refractivity contribution >= 4 is 27.3 Å². The molecule has 0 aliphatic carbocycles. The zero-order valence-corrected chi connectivity index (χ0v) is 26.3. The van der Waals surface area contributed by atoms with E-state index in [4.69, 9.17) is 21.1 Å². The van der Waals surface area contributed by atoms with Crippen LogP contribution < -0.4 is 4.72 Å². The summed E-state index contributed by atoms with van der Waals surface area (Å²) < 4.78 is 41.2. The summed E-state index contributed by atoms with van der Waals surface area (Å²) in [5.74, 6) is 0. The highest BCUT2D eigenvalue weighted by molar-refractivity contribution is 7.92. The van der Waals surface area contributed by atoms with Gasteiger partial charge < -0.3 is 24.6 Å². The Balaban J connectivity index is 1.16. The summed E-state index contributed by atoms with van der Waals surface area (Å²) >= 11 is 6.06. The van der Waals surface area contributed by atoms with Crippen LogP contribution in [-0.4, -0.2) is 49.3 Å². The van der Waals surface area contributed by atoms with Crippen molar-refractivity contribution in [3.8, 4) is 0 Å². The third kappa shape index (κ3) is 7.58. The Morgan fingerprint density at radius 3 is 2.13 bits per heavy atom. The Labute approximate surface area is 269 Å². The fourth-order valence-corrected chi connectivity index (χ4v) is 7.20. The average molecular weight is 649 g/mol. The highest BCUT2D eigenvalue weighted by atomic mass is 35.5. The van der Waals surface area contributed by atoms with Crippen molar-refractivity contribution in [2.24, 2.45) is 0 Å². The lowest BCUT2D eigenvalue weighted by molar-refractivity contribution is -0.253. The molecule has 0 aromatic heterocycles. The lowest BCUT2D eigenvalue weighted by Gasteiger charge is -2.42. The van der Waals surface area contributed by atoms with E-state index in [2.05, 4.69) is 9.62 Å². The Morgan fingerprint density at radius 1 is 0.844 bits per heavy atom. The topological polar surface area (TPSA) is 108 Å². The largest absolute Gasteiger partial charge is 0.392 e. The fourth-order valence-electron chi connectivity index (χ4n) is 6.00. The minimum Gasteiger partial charge on any atom is -0.392 e. The number of hydrogen-bond acceptors (Lipinski definition) is 7. The molecule has 0 saturated carbocycles. The number of nitrogens with zero attached hydrogens (tertiary/aromatic N) is 1. The molecule has 45 heavy (non-hydrogen) atoms. The van der Waals surface area contributed by atoms with Crippen LogP contribution in [0.4, 0.5) is 5.69 Å². The van der Waals surface area contributed by atoms with E-state index < -0.39 is 21.9 Å². The molecule has 6 rings (SSSR count). The van der Waals surface area contributed by atoms with Gasteiger partial charge in [-0.25, -0.2) is 8.42 Å². The SMILES string of the molecule is O=S(=O)(Nc1ccc(C2OC(CN3CCC(O)(c4ccc(Cl)cc4)CC3)CC(c3ccc(CO)cc3)O2)cc1)c1ccccc1. The van der Waals surface area contributed by atoms with E-state index in [0.717, 1.165) is 35.3 Å². The Hall–Kier alpha value is -3.28. The summed E-state index contributed by atoms with van der Waals surface area (Å²) in [6, 6.07) is 30.5. The Kier molecular flexibility index (Phi) is 9.58. The van der Waals surface area contributed by atoms with Crippen LogP contribution in [0.25, 0.3) is 0 Å². The molecule has 0 amide bonds. The number of halogens is 1. The molecule has 2 saturated heterocycles. The zero-order chi connectivity index (χ0) is 31.4. The number of ether oxygens (including phenoxy) is 2. The van der Waals surface area contributed by atoms with Gasteiger partial charge in [0, 0.05) is 42.3 Å². The van der Waals surface area contributed by atoms with E-state index in [-0.39, 0.29) is 23.7 Å². The fraction of sp³-hybridized carbons (Fsp3) is 0.314. The molecule has 2 heterocycles. The molecule has 0 bridgehead atoms. The van der Waals surface area contributed by atoms with E-state index >= 15 is 0 Å². The number of nitrogens with one attached hydrogen (secondary N) is 1. The van der Waals surface area contributed by atoms with E-state index in [0.29, 0.717) is 36.5 Å². The van der Waals surface area contributed by atoms with Crippen LogP contribution in [0.1, 0.15) is 53.9 Å². The van der Waals surface area contributed by atoms with Crippen LogP contribution in [0.15, 0.2) is 108 Å². The van der Waals surface area contributed by atoms with E-state index in [9.17, 15) is 18.6 Å². The maximum atomic E-state index is 12.8. The number of hydrogen-bond donors (Lipinski definition) is 3. The van der Waals surface area contributed by atoms with Crippen LogP contribution in [0, 0.1) is 0 Å². The van der Waals surface area contributed by atoms with Gasteiger partial charge in [-0.2, -0.15) is 0 Å². The van der Waals surface area contributed by atoms with Crippen molar-refractivity contribution in [2.45, 2.75) is 54.9 Å². The van der Waals surface area contributed by atoms with Crippen molar-refractivity contribution in [3.63, 3.8) is 0 Å². The number of rotatable bonds is 9. The summed E-state index contributed by atoms with van der Waals surface area (Å²) in [5.41, 5.74) is 3.03. The van der Waals surface area contributed by atoms with Crippen LogP contribution in [0.2, 0.25) is 5.02 Å². The van der Waals surface area contributed by atoms with Gasteiger partial charge in [-0.1, -0.05) is 78.3 Å². The molecule has 4 aromatic rings. The number of anilines is 1. The van der Waals surface area contributed by atoms with Gasteiger partial charge in [-0.15, -0.1) is 0 Å². The van der Waals surface area contributed by atoms with Gasteiger partial charge >= 0.3 is 0 Å². The second kappa shape index (κ2) is 13.6. The molecule has 3 unspecified atom stereocenters. The van der Waals surface area contributed by atoms with Crippen molar-refractivity contribution in [3.05, 3.63) is 130 Å². The first-order valence-electron chi connectivity index (χ1n) is 15.1. The van der Waals surface area contributed by atoms with Crippen LogP contribution in [0.3, 0.4) is 0 Å². The van der Waals surface area contributed by atoms with Gasteiger partial charge in [-0.3, -0.25) is 4.72 Å². The first kappa shape index (κ1) is 31.7. The number of piperidine rings is 1. The normalized spacial score (nSPS) is 22.2. The Morgan fingerprint density at radius 2 is 1.49 bits per heavy atom. The van der Waals surface area contributed by atoms with Crippen molar-refractivity contribution in [2.75, 3.05) is 24.4 Å². The van der Waals surface area contributed by atoms with Crippen molar-refractivity contribution in [1.29, 1.82) is 0 Å². The van der Waals surface area contributed by atoms with Gasteiger partial charge in [0.25, 0.3) is 10.0 Å². The summed E-state index contributed by atoms with van der Waals surface area (Å²) in [5, 5.41) is 21.5. The smallest absolute Gasteiger partial charge is 0.261 e. The maximum Gasteiger partial charge on any atom is 0.261 e. The molecule has 4 aromatic carbocycles. The van der Waals surface area contributed by atoms with E-state index in [1.165, 1.54) is 0 Å². The zero-order valence-electron chi connectivity index (χ0n) is 24.8. The molecule has 2 aliphatic heterocycles. The standard InChI is InChI=1S/C35H37ClN2O6S/c36-29-14-12-28(13-15-29)35(40)18-20-38(21-19-35)23-31-22-33(26-8-6-25(24-39)7-9-26)44-34(43-31)27-10-16-30(17-11-27)37-45(41,42)32-4-2-1-3-5-32/h1-17,31,33-34,37,39-40H,18-24H2. The second-order valence-electron chi connectivity index (χ2n) is 11.7. The molecular formula is C35H37ClN2O6S. The van der Waals surface area contributed by atoms with Gasteiger partial charge in [-0.05, 0) is 65.9 Å². The minimum atomic E-state index is -3.71. The highest BCUT2D eigenvalue weighted by Gasteiger charge is 2.37. The quantitative estimate of drug-likeness (QED) is 0.199.